The van der Waals surface area contributed by atoms with Gasteiger partial charge in [-0.2, -0.15) is 0 Å². The summed E-state index contributed by atoms with van der Waals surface area (Å²) >= 11 is 0. The fourth-order valence-corrected chi connectivity index (χ4v) is 2.62. The molecule has 110 valence electrons. The van der Waals surface area contributed by atoms with Crippen LogP contribution in [0, 0.1) is 13.8 Å². The monoisotopic (exact) mass is 277 g/mol. The van der Waals surface area contributed by atoms with Crippen LogP contribution >= 0.6 is 0 Å². The van der Waals surface area contributed by atoms with Gasteiger partial charge in [0.25, 0.3) is 0 Å². The number of aliphatic hydroxyl groups excluding tert-OH is 1. The average molecular weight is 277 g/mol. The first-order chi connectivity index (χ1) is 9.49. The van der Waals surface area contributed by atoms with Crippen LogP contribution in [0.4, 0.5) is 0 Å². The van der Waals surface area contributed by atoms with Crippen LogP contribution in [0.1, 0.15) is 23.6 Å². The first-order valence-corrected chi connectivity index (χ1v) is 7.10. The van der Waals surface area contributed by atoms with E-state index in [1.807, 2.05) is 20.8 Å². The quantitative estimate of drug-likeness (QED) is 0.910. The molecule has 1 aliphatic rings. The molecule has 1 saturated heterocycles. The molecule has 4 heteroatoms. The Morgan fingerprint density at radius 2 is 2.15 bits per heavy atom. The van der Waals surface area contributed by atoms with Crippen molar-refractivity contribution in [2.75, 3.05) is 19.7 Å². The second-order valence-corrected chi connectivity index (χ2v) is 5.66. The first kappa shape index (κ1) is 15.0. The molecule has 0 radical (unpaired) electrons. The molecule has 1 N–H and O–H groups in total. The van der Waals surface area contributed by atoms with Gasteiger partial charge in [0.05, 0.1) is 25.2 Å². The fourth-order valence-electron chi connectivity index (χ4n) is 2.62. The number of carbonyl (C=O) groups excluding carboxylic acids is 1. The van der Waals surface area contributed by atoms with Gasteiger partial charge in [-0.05, 0) is 31.9 Å². The molecular formula is C16H23NO3. The Bertz CT molecular complexity index is 487. The van der Waals surface area contributed by atoms with E-state index in [9.17, 15) is 9.90 Å². The van der Waals surface area contributed by atoms with Gasteiger partial charge in [-0.15, -0.1) is 0 Å². The molecule has 1 amide bonds. The summed E-state index contributed by atoms with van der Waals surface area (Å²) < 4.78 is 5.57. The van der Waals surface area contributed by atoms with Crippen molar-refractivity contribution in [1.82, 2.24) is 4.90 Å². The van der Waals surface area contributed by atoms with Crippen molar-refractivity contribution in [3.05, 3.63) is 34.9 Å². The van der Waals surface area contributed by atoms with Gasteiger partial charge in [-0.3, -0.25) is 4.79 Å². The standard InChI is InChI=1S/C16H23NO3/c1-11-4-5-12(2)14(6-11)7-16(19)17-8-13(3)20-15(9-17)10-18/h4-6,13,15,18H,7-10H2,1-3H3. The highest BCUT2D eigenvalue weighted by atomic mass is 16.5. The van der Waals surface area contributed by atoms with Gasteiger partial charge in [0.1, 0.15) is 0 Å². The molecule has 1 fully saturated rings. The van der Waals surface area contributed by atoms with E-state index in [4.69, 9.17) is 4.74 Å². The van der Waals surface area contributed by atoms with Crippen molar-refractivity contribution in [1.29, 1.82) is 0 Å². The van der Waals surface area contributed by atoms with Crippen LogP contribution in [0.15, 0.2) is 18.2 Å². The highest BCUT2D eigenvalue weighted by Gasteiger charge is 2.27. The van der Waals surface area contributed by atoms with E-state index in [1.54, 1.807) is 4.90 Å². The molecule has 1 aromatic carbocycles. The summed E-state index contributed by atoms with van der Waals surface area (Å²) in [6, 6.07) is 6.18. The second-order valence-electron chi connectivity index (χ2n) is 5.66. The predicted molar refractivity (Wildman–Crippen MR) is 77.6 cm³/mol. The molecule has 4 nitrogen and oxygen atoms in total. The molecule has 0 aromatic heterocycles. The van der Waals surface area contributed by atoms with Gasteiger partial charge < -0.3 is 14.7 Å². The van der Waals surface area contributed by atoms with E-state index in [0.717, 1.165) is 11.1 Å². The Kier molecular flexibility index (Phi) is 4.78. The molecular weight excluding hydrogens is 254 g/mol. The zero-order valence-corrected chi connectivity index (χ0v) is 12.4. The molecule has 2 atom stereocenters. The maximum atomic E-state index is 12.4. The summed E-state index contributed by atoms with van der Waals surface area (Å²) in [5.41, 5.74) is 3.39. The SMILES string of the molecule is Cc1ccc(C)c(CC(=O)N2CC(C)OC(CO)C2)c1. The Morgan fingerprint density at radius 1 is 1.40 bits per heavy atom. The zero-order valence-electron chi connectivity index (χ0n) is 12.4. The van der Waals surface area contributed by atoms with E-state index < -0.39 is 0 Å². The third-order valence-electron chi connectivity index (χ3n) is 3.73. The van der Waals surface area contributed by atoms with E-state index in [1.165, 1.54) is 5.56 Å². The van der Waals surface area contributed by atoms with Crippen LogP contribution in [-0.2, 0) is 16.0 Å². The highest BCUT2D eigenvalue weighted by Crippen LogP contribution is 2.16. The number of amides is 1. The molecule has 1 aromatic rings. The Labute approximate surface area is 120 Å². The van der Waals surface area contributed by atoms with Crippen LogP contribution in [0.5, 0.6) is 0 Å². The van der Waals surface area contributed by atoms with Gasteiger partial charge in [0, 0.05) is 13.1 Å². The minimum absolute atomic E-state index is 0.0246. The summed E-state index contributed by atoms with van der Waals surface area (Å²) in [6.45, 7) is 7.02. The van der Waals surface area contributed by atoms with Crippen LogP contribution < -0.4 is 0 Å². The number of hydrogen-bond acceptors (Lipinski definition) is 3. The Morgan fingerprint density at radius 3 is 2.85 bits per heavy atom. The summed E-state index contributed by atoms with van der Waals surface area (Å²) in [7, 11) is 0. The molecule has 2 rings (SSSR count). The van der Waals surface area contributed by atoms with Crippen LogP contribution in [0.2, 0.25) is 0 Å². The summed E-state index contributed by atoms with van der Waals surface area (Å²) in [5, 5.41) is 9.22. The van der Waals surface area contributed by atoms with E-state index in [2.05, 4.69) is 18.2 Å². The summed E-state index contributed by atoms with van der Waals surface area (Å²) in [5.74, 6) is 0.104. The minimum Gasteiger partial charge on any atom is -0.394 e. The smallest absolute Gasteiger partial charge is 0.227 e. The van der Waals surface area contributed by atoms with Crippen molar-refractivity contribution < 1.29 is 14.6 Å². The third kappa shape index (κ3) is 3.58. The lowest BCUT2D eigenvalue weighted by molar-refractivity contribution is -0.146. The number of carbonyl (C=O) groups is 1. The maximum Gasteiger partial charge on any atom is 0.227 e. The summed E-state index contributed by atoms with van der Waals surface area (Å²) in [4.78, 5) is 14.2. The maximum absolute atomic E-state index is 12.4. The van der Waals surface area contributed by atoms with Crippen molar-refractivity contribution in [3.8, 4) is 0 Å². The number of hydrogen-bond donors (Lipinski definition) is 1. The Balaban J connectivity index is 2.05. The lowest BCUT2D eigenvalue weighted by Crippen LogP contribution is -2.50. The molecule has 1 heterocycles. The molecule has 20 heavy (non-hydrogen) atoms. The largest absolute Gasteiger partial charge is 0.394 e. The lowest BCUT2D eigenvalue weighted by Gasteiger charge is -2.36. The average Bonchev–Trinajstić information content (AvgIpc) is 2.42. The zero-order chi connectivity index (χ0) is 14.7. The molecule has 0 saturated carbocycles. The topological polar surface area (TPSA) is 49.8 Å². The molecule has 0 bridgehead atoms. The lowest BCUT2D eigenvalue weighted by atomic mass is 10.0. The normalized spacial score (nSPS) is 22.9. The fraction of sp³-hybridized carbons (Fsp3) is 0.562. The molecule has 2 unspecified atom stereocenters. The molecule has 0 spiro atoms. The number of rotatable bonds is 3. The third-order valence-corrected chi connectivity index (χ3v) is 3.73. The van der Waals surface area contributed by atoms with Gasteiger partial charge >= 0.3 is 0 Å². The van der Waals surface area contributed by atoms with Crippen LogP contribution in [0.3, 0.4) is 0 Å². The van der Waals surface area contributed by atoms with Crippen LogP contribution in [0.25, 0.3) is 0 Å². The number of aryl methyl sites for hydroxylation is 2. The van der Waals surface area contributed by atoms with Crippen molar-refractivity contribution in [2.24, 2.45) is 0 Å². The van der Waals surface area contributed by atoms with Crippen LogP contribution in [-0.4, -0.2) is 47.8 Å². The van der Waals surface area contributed by atoms with Crippen molar-refractivity contribution >= 4 is 5.91 Å². The molecule has 0 aliphatic carbocycles. The second kappa shape index (κ2) is 6.37. The molecule has 1 aliphatic heterocycles. The van der Waals surface area contributed by atoms with Crippen molar-refractivity contribution in [3.63, 3.8) is 0 Å². The first-order valence-electron chi connectivity index (χ1n) is 7.10. The number of benzene rings is 1. The van der Waals surface area contributed by atoms with Gasteiger partial charge in [0.15, 0.2) is 0 Å². The Hall–Kier alpha value is -1.39. The number of ether oxygens (including phenoxy) is 1. The summed E-state index contributed by atoms with van der Waals surface area (Å²) in [6.07, 6.45) is 0.128. The van der Waals surface area contributed by atoms with E-state index in [-0.39, 0.29) is 24.7 Å². The number of aliphatic hydroxyl groups is 1. The van der Waals surface area contributed by atoms with E-state index >= 15 is 0 Å². The minimum atomic E-state index is -0.263. The highest BCUT2D eigenvalue weighted by molar-refractivity contribution is 5.79. The van der Waals surface area contributed by atoms with Gasteiger partial charge in [-0.25, -0.2) is 0 Å². The van der Waals surface area contributed by atoms with E-state index in [0.29, 0.717) is 19.5 Å². The number of nitrogens with zero attached hydrogens (tertiary/aromatic N) is 1. The van der Waals surface area contributed by atoms with Crippen molar-refractivity contribution in [2.45, 2.75) is 39.4 Å². The number of morpholine rings is 1. The van der Waals surface area contributed by atoms with Gasteiger partial charge in [-0.1, -0.05) is 23.8 Å². The predicted octanol–water partition coefficient (Wildman–Crippen LogP) is 1.45. The van der Waals surface area contributed by atoms with Gasteiger partial charge in [0.2, 0.25) is 5.91 Å².